The molecular weight excluding hydrogens is 366 g/mol. The highest BCUT2D eigenvalue weighted by Crippen LogP contribution is 2.24. The molecule has 0 fully saturated rings. The smallest absolute Gasteiger partial charge is 0.331 e. The molecule has 0 saturated carbocycles. The van der Waals surface area contributed by atoms with Crippen molar-refractivity contribution in [2.45, 2.75) is 12.6 Å². The molecule has 7 heteroatoms. The zero-order chi connectivity index (χ0) is 19.4. The van der Waals surface area contributed by atoms with E-state index < -0.39 is 17.3 Å². The number of rotatable bonds is 5. The fourth-order valence-electron chi connectivity index (χ4n) is 2.79. The summed E-state index contributed by atoms with van der Waals surface area (Å²) in [6.07, 6.45) is 1.32. The molecule has 1 atom stereocenters. The zero-order valence-corrected chi connectivity index (χ0v) is 15.4. The molecule has 0 aliphatic carbocycles. The number of amides is 1. The van der Waals surface area contributed by atoms with Crippen LogP contribution in [0.15, 0.2) is 76.4 Å². The molecule has 1 aromatic heterocycles. The third-order valence-corrected chi connectivity index (χ3v) is 4.43. The van der Waals surface area contributed by atoms with Crippen molar-refractivity contribution in [1.29, 1.82) is 0 Å². The second-order valence-electron chi connectivity index (χ2n) is 6.09. The van der Waals surface area contributed by atoms with Crippen LogP contribution in [-0.4, -0.2) is 15.0 Å². The summed E-state index contributed by atoms with van der Waals surface area (Å²) in [7, 11) is 1.37. The number of nitrogens with one attached hydrogen (secondary N) is 1. The van der Waals surface area contributed by atoms with Gasteiger partial charge in [0.25, 0.3) is 5.56 Å². The number of nitrogens with zero attached hydrogens (tertiary/aromatic N) is 2. The van der Waals surface area contributed by atoms with Gasteiger partial charge in [-0.25, -0.2) is 4.79 Å². The van der Waals surface area contributed by atoms with E-state index in [4.69, 9.17) is 11.6 Å². The molecule has 1 amide bonds. The second kappa shape index (κ2) is 8.05. The Kier molecular flexibility index (Phi) is 5.57. The van der Waals surface area contributed by atoms with E-state index in [0.29, 0.717) is 5.02 Å². The van der Waals surface area contributed by atoms with Crippen LogP contribution < -0.4 is 16.6 Å². The van der Waals surface area contributed by atoms with Gasteiger partial charge in [-0.05, 0) is 23.3 Å². The molecule has 138 valence electrons. The number of hydrogen-bond donors (Lipinski definition) is 1. The van der Waals surface area contributed by atoms with Crippen molar-refractivity contribution >= 4 is 17.5 Å². The number of halogens is 1. The molecule has 3 rings (SSSR count). The predicted molar refractivity (Wildman–Crippen MR) is 104 cm³/mol. The standard InChI is InChI=1S/C20H18ClN3O3/c1-23-18(26)10-11-24(20(23)27)13-17(25)22-19(14-6-3-2-4-7-14)15-8-5-9-16(21)12-15/h2-12,19H,13H2,1H3,(H,22,25). The van der Waals surface area contributed by atoms with E-state index in [1.54, 1.807) is 12.1 Å². The van der Waals surface area contributed by atoms with Crippen molar-refractivity contribution in [3.63, 3.8) is 0 Å². The summed E-state index contributed by atoms with van der Waals surface area (Å²) in [5, 5.41) is 3.51. The van der Waals surface area contributed by atoms with E-state index in [2.05, 4.69) is 5.32 Å². The first-order valence-electron chi connectivity index (χ1n) is 8.32. The zero-order valence-electron chi connectivity index (χ0n) is 14.6. The monoisotopic (exact) mass is 383 g/mol. The summed E-state index contributed by atoms with van der Waals surface area (Å²) in [4.78, 5) is 36.2. The lowest BCUT2D eigenvalue weighted by Gasteiger charge is -2.20. The molecule has 0 radical (unpaired) electrons. The van der Waals surface area contributed by atoms with Crippen LogP contribution in [-0.2, 0) is 18.4 Å². The maximum atomic E-state index is 12.6. The van der Waals surface area contributed by atoms with Crippen molar-refractivity contribution in [1.82, 2.24) is 14.5 Å². The molecule has 27 heavy (non-hydrogen) atoms. The molecule has 1 heterocycles. The number of carbonyl (C=O) groups excluding carboxylic acids is 1. The van der Waals surface area contributed by atoms with Crippen LogP contribution in [0.25, 0.3) is 0 Å². The lowest BCUT2D eigenvalue weighted by Crippen LogP contribution is -2.41. The van der Waals surface area contributed by atoms with Gasteiger partial charge in [-0.15, -0.1) is 0 Å². The summed E-state index contributed by atoms with van der Waals surface area (Å²) in [6, 6.07) is 17.6. The molecule has 0 saturated heterocycles. The van der Waals surface area contributed by atoms with Crippen molar-refractivity contribution in [3.8, 4) is 0 Å². The highest BCUT2D eigenvalue weighted by Gasteiger charge is 2.18. The van der Waals surface area contributed by atoms with Gasteiger partial charge in [0.15, 0.2) is 0 Å². The first-order valence-corrected chi connectivity index (χ1v) is 8.70. The van der Waals surface area contributed by atoms with Gasteiger partial charge in [-0.1, -0.05) is 54.1 Å². The Hall–Kier alpha value is -3.12. The molecule has 0 aliphatic rings. The Morgan fingerprint density at radius 1 is 1.04 bits per heavy atom. The normalized spacial score (nSPS) is 11.8. The SMILES string of the molecule is Cn1c(=O)ccn(CC(=O)NC(c2ccccc2)c2cccc(Cl)c2)c1=O. The van der Waals surface area contributed by atoms with Crippen molar-refractivity contribution in [2.75, 3.05) is 0 Å². The van der Waals surface area contributed by atoms with E-state index in [1.807, 2.05) is 42.5 Å². The van der Waals surface area contributed by atoms with Crippen LogP contribution in [0.3, 0.4) is 0 Å². The average molecular weight is 384 g/mol. The fraction of sp³-hybridized carbons (Fsp3) is 0.150. The fourth-order valence-corrected chi connectivity index (χ4v) is 2.99. The summed E-state index contributed by atoms with van der Waals surface area (Å²) in [6.45, 7) is -0.198. The summed E-state index contributed by atoms with van der Waals surface area (Å²) in [5.74, 6) is -0.357. The average Bonchev–Trinajstić information content (AvgIpc) is 2.67. The summed E-state index contributed by atoms with van der Waals surface area (Å²) in [5.41, 5.74) is 0.755. The van der Waals surface area contributed by atoms with Crippen LogP contribution in [0.5, 0.6) is 0 Å². The van der Waals surface area contributed by atoms with Gasteiger partial charge in [-0.3, -0.25) is 18.7 Å². The third-order valence-electron chi connectivity index (χ3n) is 4.19. The molecule has 2 aromatic carbocycles. The van der Waals surface area contributed by atoms with Crippen LogP contribution >= 0.6 is 11.6 Å². The highest BCUT2D eigenvalue weighted by atomic mass is 35.5. The van der Waals surface area contributed by atoms with Gasteiger partial charge in [0.2, 0.25) is 5.91 Å². The first kappa shape index (κ1) is 18.7. The van der Waals surface area contributed by atoms with Crippen molar-refractivity contribution in [2.24, 2.45) is 7.05 Å². The predicted octanol–water partition coefficient (Wildman–Crippen LogP) is 2.11. The quantitative estimate of drug-likeness (QED) is 0.733. The topological polar surface area (TPSA) is 73.1 Å². The third kappa shape index (κ3) is 4.35. The molecule has 0 aliphatic heterocycles. The minimum atomic E-state index is -0.545. The number of aromatic nitrogens is 2. The molecule has 1 N–H and O–H groups in total. The molecule has 1 unspecified atom stereocenters. The van der Waals surface area contributed by atoms with Crippen molar-refractivity contribution in [3.05, 3.63) is 104 Å². The van der Waals surface area contributed by atoms with Crippen molar-refractivity contribution < 1.29 is 4.79 Å². The van der Waals surface area contributed by atoms with Gasteiger partial charge in [0.05, 0.1) is 6.04 Å². The van der Waals surface area contributed by atoms with Crippen LogP contribution in [0.1, 0.15) is 17.2 Å². The Morgan fingerprint density at radius 2 is 1.74 bits per heavy atom. The van der Waals surface area contributed by atoms with E-state index in [-0.39, 0.29) is 12.5 Å². The van der Waals surface area contributed by atoms with E-state index in [0.717, 1.165) is 15.7 Å². The van der Waals surface area contributed by atoms with Crippen LogP contribution in [0, 0.1) is 0 Å². The minimum Gasteiger partial charge on any atom is -0.344 e. The summed E-state index contributed by atoms with van der Waals surface area (Å²) < 4.78 is 2.15. The number of benzene rings is 2. The lowest BCUT2D eigenvalue weighted by molar-refractivity contribution is -0.122. The molecule has 0 spiro atoms. The van der Waals surface area contributed by atoms with Gasteiger partial charge >= 0.3 is 5.69 Å². The van der Waals surface area contributed by atoms with E-state index in [1.165, 1.54) is 23.9 Å². The maximum Gasteiger partial charge on any atom is 0.331 e. The Balaban J connectivity index is 1.88. The van der Waals surface area contributed by atoms with Gasteiger partial charge < -0.3 is 5.32 Å². The van der Waals surface area contributed by atoms with Crippen LogP contribution in [0.2, 0.25) is 5.02 Å². The maximum absolute atomic E-state index is 12.6. The van der Waals surface area contributed by atoms with Gasteiger partial charge in [0.1, 0.15) is 6.54 Å². The molecule has 3 aromatic rings. The van der Waals surface area contributed by atoms with E-state index in [9.17, 15) is 14.4 Å². The largest absolute Gasteiger partial charge is 0.344 e. The highest BCUT2D eigenvalue weighted by molar-refractivity contribution is 6.30. The van der Waals surface area contributed by atoms with Gasteiger partial charge in [-0.2, -0.15) is 0 Å². The van der Waals surface area contributed by atoms with E-state index >= 15 is 0 Å². The molecule has 0 bridgehead atoms. The number of carbonyl (C=O) groups is 1. The first-order chi connectivity index (χ1) is 13.0. The Labute approximate surface area is 160 Å². The van der Waals surface area contributed by atoms with Gasteiger partial charge in [0, 0.05) is 24.3 Å². The Bertz CT molecular complexity index is 1070. The minimum absolute atomic E-state index is 0.198. The summed E-state index contributed by atoms with van der Waals surface area (Å²) >= 11 is 6.11. The Morgan fingerprint density at radius 3 is 2.44 bits per heavy atom. The lowest BCUT2D eigenvalue weighted by atomic mass is 9.98. The van der Waals surface area contributed by atoms with Crippen LogP contribution in [0.4, 0.5) is 0 Å². The molecule has 6 nitrogen and oxygen atoms in total. The number of hydrogen-bond acceptors (Lipinski definition) is 3. The molecular formula is C20H18ClN3O3. The second-order valence-corrected chi connectivity index (χ2v) is 6.53.